The molecule has 0 radical (unpaired) electrons. The third-order valence-corrected chi connectivity index (χ3v) is 2.73. The summed E-state index contributed by atoms with van der Waals surface area (Å²) in [7, 11) is 0. The maximum atomic E-state index is 5.54. The molecule has 0 fully saturated rings. The fourth-order valence-electron chi connectivity index (χ4n) is 1.35. The average molecular weight is 166 g/mol. The van der Waals surface area contributed by atoms with Gasteiger partial charge >= 0.3 is 0 Å². The van der Waals surface area contributed by atoms with Crippen LogP contribution in [-0.2, 0) is 11.3 Å². The zero-order chi connectivity index (χ0) is 7.68. The summed E-state index contributed by atoms with van der Waals surface area (Å²) in [6.45, 7) is 0.779. The van der Waals surface area contributed by atoms with Gasteiger partial charge in [-0.15, -0.1) is 11.8 Å². The topological polar surface area (TPSA) is 9.23 Å². The first-order valence-electron chi connectivity index (χ1n) is 3.64. The summed E-state index contributed by atoms with van der Waals surface area (Å²) in [6.07, 6.45) is 2.08. The van der Waals surface area contributed by atoms with Gasteiger partial charge in [0.25, 0.3) is 0 Å². The molecule has 0 saturated heterocycles. The largest absolute Gasteiger partial charge is 0.358 e. The number of benzene rings is 1. The van der Waals surface area contributed by atoms with Crippen LogP contribution >= 0.6 is 11.8 Å². The zero-order valence-electron chi connectivity index (χ0n) is 6.41. The highest BCUT2D eigenvalue weighted by Gasteiger charge is 2.20. The Bertz CT molecular complexity index is 259. The average Bonchev–Trinajstić information content (AvgIpc) is 2.47. The van der Waals surface area contributed by atoms with E-state index >= 15 is 0 Å². The fraction of sp³-hybridized carbons (Fsp3) is 0.333. The molecule has 2 rings (SSSR count). The van der Waals surface area contributed by atoms with Crippen LogP contribution < -0.4 is 0 Å². The van der Waals surface area contributed by atoms with Gasteiger partial charge in [-0.1, -0.05) is 24.3 Å². The van der Waals surface area contributed by atoms with E-state index in [1.807, 2.05) is 0 Å². The van der Waals surface area contributed by atoms with Crippen molar-refractivity contribution >= 4 is 11.8 Å². The van der Waals surface area contributed by atoms with Crippen molar-refractivity contribution in [1.82, 2.24) is 0 Å². The van der Waals surface area contributed by atoms with Gasteiger partial charge in [0.1, 0.15) is 5.44 Å². The van der Waals surface area contributed by atoms with Crippen LogP contribution in [0.25, 0.3) is 0 Å². The van der Waals surface area contributed by atoms with Gasteiger partial charge in [0.15, 0.2) is 0 Å². The third kappa shape index (κ3) is 1.17. The molecule has 1 atom stereocenters. The Balaban J connectivity index is 2.39. The van der Waals surface area contributed by atoms with Crippen LogP contribution in [0.15, 0.2) is 24.3 Å². The molecular weight excluding hydrogens is 156 g/mol. The highest BCUT2D eigenvalue weighted by Crippen LogP contribution is 2.36. The van der Waals surface area contributed by atoms with E-state index in [0.717, 1.165) is 6.61 Å². The Morgan fingerprint density at radius 2 is 2.27 bits per heavy atom. The molecule has 1 aliphatic heterocycles. The molecule has 0 aromatic heterocycles. The molecule has 58 valence electrons. The fourth-order valence-corrected chi connectivity index (χ4v) is 2.03. The molecule has 0 spiro atoms. The Kier molecular flexibility index (Phi) is 1.88. The van der Waals surface area contributed by atoms with Crippen LogP contribution in [0, 0.1) is 0 Å². The Labute approximate surface area is 70.8 Å². The van der Waals surface area contributed by atoms with Gasteiger partial charge in [-0.25, -0.2) is 0 Å². The van der Waals surface area contributed by atoms with E-state index < -0.39 is 0 Å². The summed E-state index contributed by atoms with van der Waals surface area (Å²) >= 11 is 1.75. The maximum Gasteiger partial charge on any atom is 0.129 e. The van der Waals surface area contributed by atoms with E-state index in [9.17, 15) is 0 Å². The Morgan fingerprint density at radius 1 is 1.45 bits per heavy atom. The zero-order valence-corrected chi connectivity index (χ0v) is 7.23. The molecule has 1 aromatic carbocycles. The SMILES string of the molecule is CSC1OCc2ccccc21. The second-order valence-corrected chi connectivity index (χ2v) is 3.48. The minimum Gasteiger partial charge on any atom is -0.358 e. The molecule has 2 heteroatoms. The lowest BCUT2D eigenvalue weighted by Gasteiger charge is -2.05. The molecule has 1 aromatic rings. The lowest BCUT2D eigenvalue weighted by Crippen LogP contribution is -1.86. The smallest absolute Gasteiger partial charge is 0.129 e. The molecule has 1 unspecified atom stereocenters. The van der Waals surface area contributed by atoms with Crippen molar-refractivity contribution < 1.29 is 4.74 Å². The minimum atomic E-state index is 0.270. The second-order valence-electron chi connectivity index (χ2n) is 2.58. The van der Waals surface area contributed by atoms with Gasteiger partial charge in [0.2, 0.25) is 0 Å². The van der Waals surface area contributed by atoms with Crippen molar-refractivity contribution in [3.05, 3.63) is 35.4 Å². The summed E-state index contributed by atoms with van der Waals surface area (Å²) in [6, 6.07) is 8.40. The Morgan fingerprint density at radius 3 is 3.09 bits per heavy atom. The molecule has 0 saturated carbocycles. The van der Waals surface area contributed by atoms with E-state index in [-0.39, 0.29) is 5.44 Å². The first-order chi connectivity index (χ1) is 5.42. The molecule has 0 N–H and O–H groups in total. The van der Waals surface area contributed by atoms with Gasteiger partial charge in [0, 0.05) is 0 Å². The highest BCUT2D eigenvalue weighted by molar-refractivity contribution is 7.98. The quantitative estimate of drug-likeness (QED) is 0.634. The summed E-state index contributed by atoms with van der Waals surface area (Å²) in [5, 5.41) is 0. The van der Waals surface area contributed by atoms with Crippen LogP contribution in [0.1, 0.15) is 16.6 Å². The number of fused-ring (bicyclic) bond motifs is 1. The first-order valence-corrected chi connectivity index (χ1v) is 4.93. The van der Waals surface area contributed by atoms with E-state index in [1.54, 1.807) is 11.8 Å². The minimum absolute atomic E-state index is 0.270. The molecular formula is C9H10OS. The lowest BCUT2D eigenvalue weighted by molar-refractivity contribution is 0.127. The first kappa shape index (κ1) is 7.19. The van der Waals surface area contributed by atoms with Crippen LogP contribution in [0.2, 0.25) is 0 Å². The van der Waals surface area contributed by atoms with Crippen LogP contribution in [0.4, 0.5) is 0 Å². The number of ether oxygens (including phenoxy) is 1. The summed E-state index contributed by atoms with van der Waals surface area (Å²) in [4.78, 5) is 0. The van der Waals surface area contributed by atoms with Crippen molar-refractivity contribution in [3.63, 3.8) is 0 Å². The lowest BCUT2D eigenvalue weighted by atomic mass is 10.1. The highest BCUT2D eigenvalue weighted by atomic mass is 32.2. The number of hydrogen-bond acceptors (Lipinski definition) is 2. The van der Waals surface area contributed by atoms with Crippen LogP contribution in [0.5, 0.6) is 0 Å². The van der Waals surface area contributed by atoms with Gasteiger partial charge < -0.3 is 4.74 Å². The monoisotopic (exact) mass is 166 g/mol. The van der Waals surface area contributed by atoms with E-state index in [1.165, 1.54) is 11.1 Å². The summed E-state index contributed by atoms with van der Waals surface area (Å²) in [5.41, 5.74) is 2.96. The predicted molar refractivity (Wildman–Crippen MR) is 47.5 cm³/mol. The number of hydrogen-bond donors (Lipinski definition) is 0. The molecule has 11 heavy (non-hydrogen) atoms. The van der Waals surface area contributed by atoms with Crippen molar-refractivity contribution in [2.45, 2.75) is 12.0 Å². The van der Waals surface area contributed by atoms with Gasteiger partial charge in [0.05, 0.1) is 6.61 Å². The van der Waals surface area contributed by atoms with E-state index in [2.05, 4.69) is 30.5 Å². The summed E-state index contributed by atoms with van der Waals surface area (Å²) in [5.74, 6) is 0. The van der Waals surface area contributed by atoms with Crippen LogP contribution in [0.3, 0.4) is 0 Å². The Hall–Kier alpha value is -0.470. The van der Waals surface area contributed by atoms with E-state index in [0.29, 0.717) is 0 Å². The molecule has 1 nitrogen and oxygen atoms in total. The standard InChI is InChI=1S/C9H10OS/c1-11-9-8-5-3-2-4-7(8)6-10-9/h2-5,9H,6H2,1H3. The van der Waals surface area contributed by atoms with E-state index in [4.69, 9.17) is 4.74 Å². The molecule has 0 bridgehead atoms. The van der Waals surface area contributed by atoms with Crippen molar-refractivity contribution in [2.24, 2.45) is 0 Å². The molecule has 0 aliphatic carbocycles. The molecule has 0 amide bonds. The second kappa shape index (κ2) is 2.88. The molecule has 1 aliphatic rings. The maximum absolute atomic E-state index is 5.54. The number of rotatable bonds is 1. The van der Waals surface area contributed by atoms with Crippen molar-refractivity contribution in [3.8, 4) is 0 Å². The predicted octanol–water partition coefficient (Wildman–Crippen LogP) is 2.58. The molecule has 1 heterocycles. The van der Waals surface area contributed by atoms with Gasteiger partial charge in [-0.05, 0) is 17.4 Å². The van der Waals surface area contributed by atoms with Crippen molar-refractivity contribution in [2.75, 3.05) is 6.26 Å². The van der Waals surface area contributed by atoms with Gasteiger partial charge in [-0.2, -0.15) is 0 Å². The number of thioether (sulfide) groups is 1. The van der Waals surface area contributed by atoms with Crippen molar-refractivity contribution in [1.29, 1.82) is 0 Å². The normalized spacial score (nSPS) is 21.7. The summed E-state index contributed by atoms with van der Waals surface area (Å²) < 4.78 is 5.54. The van der Waals surface area contributed by atoms with Gasteiger partial charge in [-0.3, -0.25) is 0 Å². The van der Waals surface area contributed by atoms with Crippen LogP contribution in [-0.4, -0.2) is 6.26 Å². The third-order valence-electron chi connectivity index (χ3n) is 1.91.